The van der Waals surface area contributed by atoms with E-state index in [0.717, 1.165) is 16.3 Å². The average Bonchev–Trinajstić information content (AvgIpc) is 3.47. The van der Waals surface area contributed by atoms with Gasteiger partial charge in [-0.05, 0) is 47.8 Å². The van der Waals surface area contributed by atoms with Crippen molar-refractivity contribution in [3.63, 3.8) is 0 Å². The van der Waals surface area contributed by atoms with Gasteiger partial charge in [-0.1, -0.05) is 24.3 Å². The van der Waals surface area contributed by atoms with Crippen LogP contribution in [0.25, 0.3) is 16.4 Å². The van der Waals surface area contributed by atoms with Crippen LogP contribution >= 0.6 is 11.3 Å². The lowest BCUT2D eigenvalue weighted by Crippen LogP contribution is -2.29. The van der Waals surface area contributed by atoms with Crippen LogP contribution in [0.3, 0.4) is 0 Å². The summed E-state index contributed by atoms with van der Waals surface area (Å²) in [7, 11) is 1.61. The standard InChI is InChI=1S/C22H20N4O3S/c1-28-17-9-11-18(12-10-17)29-14-13-23-22(27)20-24-21(19-8-5-15-30-19)26(25-20)16-6-3-2-4-7-16/h2-12,15H,13-14H2,1H3,(H,23,27). The number of para-hydroxylation sites is 1. The zero-order valence-corrected chi connectivity index (χ0v) is 17.1. The number of carbonyl (C=O) groups excluding carboxylic acids is 1. The van der Waals surface area contributed by atoms with Crippen molar-refractivity contribution >= 4 is 17.2 Å². The van der Waals surface area contributed by atoms with E-state index < -0.39 is 0 Å². The molecule has 2 heterocycles. The Hall–Kier alpha value is -3.65. The lowest BCUT2D eigenvalue weighted by Gasteiger charge is -2.07. The van der Waals surface area contributed by atoms with Crippen molar-refractivity contribution in [3.8, 4) is 27.9 Å². The third kappa shape index (κ3) is 4.49. The Kier molecular flexibility index (Phi) is 6.05. The molecular formula is C22H20N4O3S. The second-order valence-corrected chi connectivity index (χ2v) is 7.21. The number of carbonyl (C=O) groups is 1. The van der Waals surface area contributed by atoms with Crippen molar-refractivity contribution < 1.29 is 14.3 Å². The maximum Gasteiger partial charge on any atom is 0.291 e. The van der Waals surface area contributed by atoms with Crippen molar-refractivity contribution in [2.24, 2.45) is 0 Å². The SMILES string of the molecule is COc1ccc(OCCNC(=O)c2nc(-c3cccs3)n(-c3ccccc3)n2)cc1. The summed E-state index contributed by atoms with van der Waals surface area (Å²) in [6.45, 7) is 0.661. The number of amides is 1. The fraction of sp³-hybridized carbons (Fsp3) is 0.136. The lowest BCUT2D eigenvalue weighted by atomic mass is 10.3. The van der Waals surface area contributed by atoms with Gasteiger partial charge in [-0.15, -0.1) is 16.4 Å². The summed E-state index contributed by atoms with van der Waals surface area (Å²) in [5.41, 5.74) is 0.843. The van der Waals surface area contributed by atoms with E-state index in [-0.39, 0.29) is 11.7 Å². The molecule has 0 atom stereocenters. The molecule has 0 radical (unpaired) electrons. The van der Waals surface area contributed by atoms with Crippen LogP contribution in [0.15, 0.2) is 72.1 Å². The predicted molar refractivity (Wildman–Crippen MR) is 115 cm³/mol. The summed E-state index contributed by atoms with van der Waals surface area (Å²) >= 11 is 1.55. The smallest absolute Gasteiger partial charge is 0.291 e. The molecule has 0 aliphatic carbocycles. The molecule has 4 rings (SSSR count). The van der Waals surface area contributed by atoms with Crippen LogP contribution in [0.1, 0.15) is 10.6 Å². The highest BCUT2D eigenvalue weighted by molar-refractivity contribution is 7.13. The molecule has 30 heavy (non-hydrogen) atoms. The van der Waals surface area contributed by atoms with Gasteiger partial charge < -0.3 is 14.8 Å². The number of hydrogen-bond acceptors (Lipinski definition) is 6. The summed E-state index contributed by atoms with van der Waals surface area (Å²) in [6, 6.07) is 20.8. The number of thiophene rings is 1. The summed E-state index contributed by atoms with van der Waals surface area (Å²) in [5, 5.41) is 9.21. The zero-order valence-electron chi connectivity index (χ0n) is 16.3. The lowest BCUT2D eigenvalue weighted by molar-refractivity contribution is 0.0936. The monoisotopic (exact) mass is 420 g/mol. The van der Waals surface area contributed by atoms with Gasteiger partial charge in [-0.2, -0.15) is 0 Å². The molecular weight excluding hydrogens is 400 g/mol. The molecule has 0 aliphatic heterocycles. The molecule has 0 saturated carbocycles. The average molecular weight is 420 g/mol. The molecule has 7 nitrogen and oxygen atoms in total. The van der Waals surface area contributed by atoms with Crippen molar-refractivity contribution in [2.45, 2.75) is 0 Å². The van der Waals surface area contributed by atoms with Gasteiger partial charge in [0.15, 0.2) is 5.82 Å². The van der Waals surface area contributed by atoms with Crippen LogP contribution < -0.4 is 14.8 Å². The van der Waals surface area contributed by atoms with Crippen LogP contribution in [0.4, 0.5) is 0 Å². The van der Waals surface area contributed by atoms with Gasteiger partial charge in [0.05, 0.1) is 24.2 Å². The highest BCUT2D eigenvalue weighted by atomic mass is 32.1. The zero-order chi connectivity index (χ0) is 20.8. The van der Waals surface area contributed by atoms with Crippen molar-refractivity contribution in [3.05, 3.63) is 77.9 Å². The van der Waals surface area contributed by atoms with Crippen LogP contribution in [0.5, 0.6) is 11.5 Å². The van der Waals surface area contributed by atoms with E-state index in [9.17, 15) is 4.79 Å². The maximum atomic E-state index is 12.6. The quantitative estimate of drug-likeness (QED) is 0.439. The Morgan fingerprint density at radius 1 is 1.03 bits per heavy atom. The molecule has 152 valence electrons. The summed E-state index contributed by atoms with van der Waals surface area (Å²) in [4.78, 5) is 18.0. The molecule has 1 N–H and O–H groups in total. The van der Waals surface area contributed by atoms with E-state index in [1.165, 1.54) is 0 Å². The number of methoxy groups -OCH3 is 1. The second-order valence-electron chi connectivity index (χ2n) is 6.26. The summed E-state index contributed by atoms with van der Waals surface area (Å²) in [5.74, 6) is 1.87. The summed E-state index contributed by atoms with van der Waals surface area (Å²) < 4.78 is 12.4. The second kappa shape index (κ2) is 9.23. The molecule has 0 saturated heterocycles. The summed E-state index contributed by atoms with van der Waals surface area (Å²) in [6.07, 6.45) is 0. The first-order valence-corrected chi connectivity index (χ1v) is 10.2. The van der Waals surface area contributed by atoms with Gasteiger partial charge in [-0.3, -0.25) is 4.79 Å². The number of ether oxygens (including phenoxy) is 2. The van der Waals surface area contributed by atoms with Crippen LogP contribution in [0, 0.1) is 0 Å². The Morgan fingerprint density at radius 2 is 1.80 bits per heavy atom. The number of rotatable bonds is 8. The van der Waals surface area contributed by atoms with Gasteiger partial charge in [0.2, 0.25) is 5.82 Å². The molecule has 4 aromatic rings. The molecule has 0 unspecified atom stereocenters. The van der Waals surface area contributed by atoms with Crippen LogP contribution in [0.2, 0.25) is 0 Å². The predicted octanol–water partition coefficient (Wildman–Crippen LogP) is 3.81. The largest absolute Gasteiger partial charge is 0.497 e. The molecule has 0 fully saturated rings. The molecule has 8 heteroatoms. The molecule has 1 amide bonds. The van der Waals surface area contributed by atoms with Gasteiger partial charge in [0.25, 0.3) is 5.91 Å². The molecule has 0 aliphatic rings. The van der Waals surface area contributed by atoms with E-state index >= 15 is 0 Å². The number of benzene rings is 2. The highest BCUT2D eigenvalue weighted by Crippen LogP contribution is 2.25. The van der Waals surface area contributed by atoms with Gasteiger partial charge >= 0.3 is 0 Å². The topological polar surface area (TPSA) is 78.3 Å². The van der Waals surface area contributed by atoms with E-state index in [1.54, 1.807) is 23.1 Å². The third-order valence-corrected chi connectivity index (χ3v) is 5.13. The van der Waals surface area contributed by atoms with Crippen LogP contribution in [-0.2, 0) is 0 Å². The van der Waals surface area contributed by atoms with Crippen molar-refractivity contribution in [1.82, 2.24) is 20.1 Å². The number of hydrogen-bond donors (Lipinski definition) is 1. The minimum absolute atomic E-state index is 0.117. The Morgan fingerprint density at radius 3 is 2.50 bits per heavy atom. The van der Waals surface area contributed by atoms with Crippen molar-refractivity contribution in [1.29, 1.82) is 0 Å². The van der Waals surface area contributed by atoms with Crippen molar-refractivity contribution in [2.75, 3.05) is 20.3 Å². The Bertz CT molecular complexity index is 1090. The minimum atomic E-state index is -0.346. The third-order valence-electron chi connectivity index (χ3n) is 4.27. The van der Waals surface area contributed by atoms with E-state index in [0.29, 0.717) is 24.7 Å². The first kappa shape index (κ1) is 19.7. The van der Waals surface area contributed by atoms with Gasteiger partial charge in [0.1, 0.15) is 18.1 Å². The van der Waals surface area contributed by atoms with E-state index in [1.807, 2.05) is 72.1 Å². The molecule has 2 aromatic heterocycles. The van der Waals surface area contributed by atoms with Gasteiger partial charge in [0, 0.05) is 0 Å². The fourth-order valence-corrected chi connectivity index (χ4v) is 3.51. The van der Waals surface area contributed by atoms with E-state index in [4.69, 9.17) is 9.47 Å². The van der Waals surface area contributed by atoms with E-state index in [2.05, 4.69) is 15.4 Å². The Labute approximate surface area is 177 Å². The minimum Gasteiger partial charge on any atom is -0.497 e. The normalized spacial score (nSPS) is 10.6. The fourth-order valence-electron chi connectivity index (χ4n) is 2.81. The molecule has 0 bridgehead atoms. The first-order valence-electron chi connectivity index (χ1n) is 9.36. The number of nitrogens with zero attached hydrogens (tertiary/aromatic N) is 3. The maximum absolute atomic E-state index is 12.6. The first-order chi connectivity index (χ1) is 14.7. The molecule has 2 aromatic carbocycles. The number of aromatic nitrogens is 3. The molecule has 0 spiro atoms. The number of nitrogens with one attached hydrogen (secondary N) is 1. The van der Waals surface area contributed by atoms with Gasteiger partial charge in [-0.25, -0.2) is 9.67 Å². The Balaban J connectivity index is 1.42. The van der Waals surface area contributed by atoms with Crippen LogP contribution in [-0.4, -0.2) is 40.9 Å². The highest BCUT2D eigenvalue weighted by Gasteiger charge is 2.19.